The van der Waals surface area contributed by atoms with Gasteiger partial charge in [-0.3, -0.25) is 0 Å². The predicted octanol–water partition coefficient (Wildman–Crippen LogP) is 4.62. The van der Waals surface area contributed by atoms with E-state index in [1.54, 1.807) is 11.3 Å². The van der Waals surface area contributed by atoms with Gasteiger partial charge in [-0.15, -0.1) is 11.3 Å². The number of rotatable bonds is 5. The number of hydrogen-bond donors (Lipinski definition) is 1. The molecule has 0 aliphatic carbocycles. The summed E-state index contributed by atoms with van der Waals surface area (Å²) in [6.07, 6.45) is 0.885. The molecule has 4 heteroatoms. The van der Waals surface area contributed by atoms with Crippen LogP contribution in [-0.2, 0) is 6.42 Å². The van der Waals surface area contributed by atoms with Crippen molar-refractivity contribution in [3.05, 3.63) is 49.9 Å². The van der Waals surface area contributed by atoms with Gasteiger partial charge in [-0.2, -0.15) is 0 Å². The summed E-state index contributed by atoms with van der Waals surface area (Å²) in [5.41, 5.74) is 3.48. The first-order chi connectivity index (χ1) is 9.51. The number of halogens is 1. The quantitative estimate of drug-likeness (QED) is 0.872. The first-order valence-electron chi connectivity index (χ1n) is 6.93. The topological polar surface area (TPSA) is 24.9 Å². The van der Waals surface area contributed by atoms with Crippen LogP contribution in [0.25, 0.3) is 0 Å². The van der Waals surface area contributed by atoms with Gasteiger partial charge in [-0.05, 0) is 44.5 Å². The van der Waals surface area contributed by atoms with Gasteiger partial charge in [-0.25, -0.2) is 4.98 Å². The number of benzene rings is 1. The molecule has 1 aromatic carbocycles. The van der Waals surface area contributed by atoms with E-state index >= 15 is 0 Å². The molecule has 0 aliphatic heterocycles. The van der Waals surface area contributed by atoms with Crippen molar-refractivity contribution in [2.75, 3.05) is 6.54 Å². The molecule has 108 valence electrons. The Morgan fingerprint density at radius 1 is 1.30 bits per heavy atom. The summed E-state index contributed by atoms with van der Waals surface area (Å²) >= 11 is 8.18. The minimum absolute atomic E-state index is 0.220. The van der Waals surface area contributed by atoms with E-state index in [1.165, 1.54) is 15.4 Å². The van der Waals surface area contributed by atoms with Crippen molar-refractivity contribution in [3.63, 3.8) is 0 Å². The van der Waals surface area contributed by atoms with Crippen molar-refractivity contribution >= 4 is 22.9 Å². The number of nitrogens with one attached hydrogen (secondary N) is 1. The third kappa shape index (κ3) is 3.60. The molecule has 1 aromatic heterocycles. The van der Waals surface area contributed by atoms with Crippen molar-refractivity contribution in [2.24, 2.45) is 0 Å². The van der Waals surface area contributed by atoms with Gasteiger partial charge in [0.15, 0.2) is 0 Å². The second-order valence-corrected chi connectivity index (χ2v) is 6.78. The van der Waals surface area contributed by atoms with Gasteiger partial charge in [0, 0.05) is 22.4 Å². The summed E-state index contributed by atoms with van der Waals surface area (Å²) in [4.78, 5) is 5.94. The fourth-order valence-corrected chi connectivity index (χ4v) is 3.60. The normalized spacial score (nSPS) is 12.7. The van der Waals surface area contributed by atoms with Crippen LogP contribution in [0.1, 0.15) is 39.7 Å². The Morgan fingerprint density at radius 3 is 2.60 bits per heavy atom. The van der Waals surface area contributed by atoms with Crippen LogP contribution in [0.4, 0.5) is 0 Å². The Hall–Kier alpha value is -0.900. The fourth-order valence-electron chi connectivity index (χ4n) is 2.25. The fraction of sp³-hybridized carbons (Fsp3) is 0.438. The largest absolute Gasteiger partial charge is 0.310 e. The van der Waals surface area contributed by atoms with Crippen LogP contribution in [0, 0.1) is 20.8 Å². The number of thiazole rings is 1. The molecule has 1 heterocycles. The second kappa shape index (κ2) is 6.70. The van der Waals surface area contributed by atoms with E-state index in [-0.39, 0.29) is 6.04 Å². The third-order valence-corrected chi connectivity index (χ3v) is 4.86. The van der Waals surface area contributed by atoms with Gasteiger partial charge < -0.3 is 5.32 Å². The van der Waals surface area contributed by atoms with Gasteiger partial charge in [0.05, 0.1) is 10.7 Å². The van der Waals surface area contributed by atoms with Crippen molar-refractivity contribution in [3.8, 4) is 0 Å². The third-order valence-electron chi connectivity index (χ3n) is 3.43. The first kappa shape index (κ1) is 15.5. The minimum atomic E-state index is 0.220. The SMILES string of the molecule is CCNC(Cc1nc(C)c(C)s1)c1ccc(C)cc1Cl. The predicted molar refractivity (Wildman–Crippen MR) is 87.9 cm³/mol. The molecule has 0 aliphatic rings. The molecule has 2 rings (SSSR count). The maximum absolute atomic E-state index is 6.41. The van der Waals surface area contributed by atoms with Crippen LogP contribution in [0.2, 0.25) is 5.02 Å². The standard InChI is InChI=1S/C16H21ClN2S/c1-5-18-15(9-16-19-11(3)12(4)20-16)13-7-6-10(2)8-14(13)17/h6-8,15,18H,5,9H2,1-4H3. The van der Waals surface area contributed by atoms with Crippen molar-refractivity contribution < 1.29 is 0 Å². The highest BCUT2D eigenvalue weighted by atomic mass is 35.5. The molecule has 0 amide bonds. The molecule has 0 fully saturated rings. The van der Waals surface area contributed by atoms with E-state index < -0.39 is 0 Å². The molecule has 1 atom stereocenters. The Morgan fingerprint density at radius 2 is 2.05 bits per heavy atom. The van der Waals surface area contributed by atoms with E-state index in [4.69, 9.17) is 11.6 Å². The molecular weight excluding hydrogens is 288 g/mol. The molecule has 0 spiro atoms. The molecule has 2 aromatic rings. The molecule has 2 nitrogen and oxygen atoms in total. The van der Waals surface area contributed by atoms with Crippen LogP contribution < -0.4 is 5.32 Å². The van der Waals surface area contributed by atoms with Gasteiger partial charge in [0.2, 0.25) is 0 Å². The first-order valence-corrected chi connectivity index (χ1v) is 8.13. The Balaban J connectivity index is 2.26. The van der Waals surface area contributed by atoms with Gasteiger partial charge in [0.1, 0.15) is 0 Å². The monoisotopic (exact) mass is 308 g/mol. The van der Waals surface area contributed by atoms with E-state index in [2.05, 4.69) is 50.1 Å². The average molecular weight is 309 g/mol. The van der Waals surface area contributed by atoms with Gasteiger partial charge in [-0.1, -0.05) is 30.7 Å². The highest BCUT2D eigenvalue weighted by Crippen LogP contribution is 2.28. The Labute approximate surface area is 130 Å². The zero-order valence-electron chi connectivity index (χ0n) is 12.5. The van der Waals surface area contributed by atoms with E-state index in [0.717, 1.165) is 29.2 Å². The summed E-state index contributed by atoms with van der Waals surface area (Å²) in [5.74, 6) is 0. The van der Waals surface area contributed by atoms with Crippen LogP contribution in [0.15, 0.2) is 18.2 Å². The van der Waals surface area contributed by atoms with Crippen molar-refractivity contribution in [1.82, 2.24) is 10.3 Å². The molecule has 1 N–H and O–H groups in total. The Kier molecular flexibility index (Phi) is 5.19. The van der Waals surface area contributed by atoms with Crippen LogP contribution in [0.3, 0.4) is 0 Å². The molecule has 0 saturated heterocycles. The van der Waals surface area contributed by atoms with Crippen LogP contribution in [0.5, 0.6) is 0 Å². The lowest BCUT2D eigenvalue weighted by Gasteiger charge is -2.19. The summed E-state index contributed by atoms with van der Waals surface area (Å²) in [6, 6.07) is 6.49. The van der Waals surface area contributed by atoms with Gasteiger partial charge in [0.25, 0.3) is 0 Å². The van der Waals surface area contributed by atoms with Crippen LogP contribution >= 0.6 is 22.9 Å². The van der Waals surface area contributed by atoms with Crippen LogP contribution in [-0.4, -0.2) is 11.5 Å². The van der Waals surface area contributed by atoms with E-state index in [1.807, 2.05) is 6.07 Å². The smallest absolute Gasteiger partial charge is 0.0949 e. The minimum Gasteiger partial charge on any atom is -0.310 e. The Bertz CT molecular complexity index is 573. The number of hydrogen-bond acceptors (Lipinski definition) is 3. The molecule has 0 radical (unpaired) electrons. The summed E-state index contributed by atoms with van der Waals surface area (Å²) in [7, 11) is 0. The molecule has 0 saturated carbocycles. The van der Waals surface area contributed by atoms with Gasteiger partial charge >= 0.3 is 0 Å². The molecule has 1 unspecified atom stereocenters. The van der Waals surface area contributed by atoms with E-state index in [0.29, 0.717) is 0 Å². The van der Waals surface area contributed by atoms with Crippen molar-refractivity contribution in [1.29, 1.82) is 0 Å². The molecule has 0 bridgehead atoms. The number of nitrogens with zero attached hydrogens (tertiary/aromatic N) is 1. The lowest BCUT2D eigenvalue weighted by Crippen LogP contribution is -2.23. The summed E-state index contributed by atoms with van der Waals surface area (Å²) in [5, 5.41) is 5.52. The number of aromatic nitrogens is 1. The average Bonchev–Trinajstić information content (AvgIpc) is 2.68. The zero-order valence-corrected chi connectivity index (χ0v) is 14.0. The lowest BCUT2D eigenvalue weighted by atomic mass is 10.0. The number of likely N-dealkylation sites (N-methyl/N-ethyl adjacent to an activating group) is 1. The molecule has 20 heavy (non-hydrogen) atoms. The summed E-state index contributed by atoms with van der Waals surface area (Å²) in [6.45, 7) is 9.28. The lowest BCUT2D eigenvalue weighted by molar-refractivity contribution is 0.548. The number of aryl methyl sites for hydroxylation is 3. The summed E-state index contributed by atoms with van der Waals surface area (Å²) < 4.78 is 0. The maximum Gasteiger partial charge on any atom is 0.0949 e. The molecular formula is C16H21ClN2S. The maximum atomic E-state index is 6.41. The zero-order chi connectivity index (χ0) is 14.7. The highest BCUT2D eigenvalue weighted by Gasteiger charge is 2.17. The highest BCUT2D eigenvalue weighted by molar-refractivity contribution is 7.11. The van der Waals surface area contributed by atoms with Crippen molar-refractivity contribution in [2.45, 2.75) is 40.2 Å². The van der Waals surface area contributed by atoms with E-state index in [9.17, 15) is 0 Å². The second-order valence-electron chi connectivity index (χ2n) is 5.09.